The standard InChI is InChI=1S/C20H25ClN4O2/c1-5-8-25-13(2)10-20(11-18(25)17-12-24(3)23-22-17)16-7-6-14(21)9-15(16)19(26-4)27-20/h5-7,9,12-13,18-19H,1,8,10-11H2,2-4H3/t13-,18-,19?,20?/m0/s1. The summed E-state index contributed by atoms with van der Waals surface area (Å²) in [7, 11) is 3.56. The van der Waals surface area contributed by atoms with Gasteiger partial charge in [-0.3, -0.25) is 9.58 Å². The van der Waals surface area contributed by atoms with Gasteiger partial charge < -0.3 is 9.47 Å². The summed E-state index contributed by atoms with van der Waals surface area (Å²) < 4.78 is 13.9. The highest BCUT2D eigenvalue weighted by Crippen LogP contribution is 2.55. The van der Waals surface area contributed by atoms with Crippen LogP contribution >= 0.6 is 11.6 Å². The van der Waals surface area contributed by atoms with Crippen molar-refractivity contribution in [1.82, 2.24) is 19.9 Å². The Morgan fingerprint density at radius 1 is 1.44 bits per heavy atom. The van der Waals surface area contributed by atoms with Crippen molar-refractivity contribution in [3.63, 3.8) is 0 Å². The topological polar surface area (TPSA) is 52.4 Å². The monoisotopic (exact) mass is 388 g/mol. The van der Waals surface area contributed by atoms with Crippen LogP contribution in [0.5, 0.6) is 0 Å². The van der Waals surface area contributed by atoms with Crippen LogP contribution in [0.4, 0.5) is 0 Å². The molecule has 4 rings (SSSR count). The van der Waals surface area contributed by atoms with E-state index in [2.05, 4.69) is 34.8 Å². The minimum Gasteiger partial charge on any atom is -0.352 e. The van der Waals surface area contributed by atoms with E-state index in [1.165, 1.54) is 0 Å². The van der Waals surface area contributed by atoms with Gasteiger partial charge in [0, 0.05) is 49.9 Å². The Morgan fingerprint density at radius 2 is 2.26 bits per heavy atom. The van der Waals surface area contributed by atoms with E-state index in [1.807, 2.05) is 31.5 Å². The zero-order valence-corrected chi connectivity index (χ0v) is 16.7. The van der Waals surface area contributed by atoms with Gasteiger partial charge in [-0.2, -0.15) is 0 Å². The Kier molecular flexibility index (Phi) is 4.84. The fourth-order valence-electron chi connectivity index (χ4n) is 4.63. The number of likely N-dealkylation sites (tertiary alicyclic amines) is 1. The fraction of sp³-hybridized carbons (Fsp3) is 0.500. The number of ether oxygens (including phenoxy) is 2. The molecular weight excluding hydrogens is 364 g/mol. The van der Waals surface area contributed by atoms with Gasteiger partial charge in [-0.05, 0) is 31.0 Å². The lowest BCUT2D eigenvalue weighted by atomic mass is 9.76. The fourth-order valence-corrected chi connectivity index (χ4v) is 4.81. The number of rotatable bonds is 4. The molecule has 27 heavy (non-hydrogen) atoms. The quantitative estimate of drug-likeness (QED) is 0.746. The van der Waals surface area contributed by atoms with Crippen molar-refractivity contribution in [3.8, 4) is 0 Å². The molecule has 2 aromatic rings. The summed E-state index contributed by atoms with van der Waals surface area (Å²) in [5.74, 6) is 0. The zero-order valence-electron chi connectivity index (χ0n) is 15.9. The second kappa shape index (κ2) is 7.02. The molecule has 3 heterocycles. The summed E-state index contributed by atoms with van der Waals surface area (Å²) in [4.78, 5) is 2.42. The van der Waals surface area contributed by atoms with Crippen LogP contribution in [0.25, 0.3) is 0 Å². The van der Waals surface area contributed by atoms with Crippen LogP contribution in [-0.2, 0) is 22.1 Å². The number of aryl methyl sites for hydroxylation is 1. The van der Waals surface area contributed by atoms with Crippen LogP contribution in [0.1, 0.15) is 48.9 Å². The molecule has 2 aliphatic heterocycles. The largest absolute Gasteiger partial charge is 0.352 e. The van der Waals surface area contributed by atoms with Gasteiger partial charge >= 0.3 is 0 Å². The first-order valence-electron chi connectivity index (χ1n) is 9.21. The van der Waals surface area contributed by atoms with Crippen LogP contribution < -0.4 is 0 Å². The number of halogens is 1. The SMILES string of the molecule is C=CCN1[C@@H](C)CC2(C[C@H]1c1cn(C)nn1)OC(OC)c1cc(Cl)ccc12. The molecule has 1 fully saturated rings. The maximum absolute atomic E-state index is 6.53. The first-order chi connectivity index (χ1) is 13.0. The lowest BCUT2D eigenvalue weighted by Gasteiger charge is -2.48. The Labute approximate surface area is 164 Å². The van der Waals surface area contributed by atoms with Crippen molar-refractivity contribution in [2.24, 2.45) is 7.05 Å². The van der Waals surface area contributed by atoms with Crippen LogP contribution in [0.3, 0.4) is 0 Å². The summed E-state index contributed by atoms with van der Waals surface area (Å²) in [6, 6.07) is 6.34. The average Bonchev–Trinajstić information content (AvgIpc) is 3.19. The zero-order chi connectivity index (χ0) is 19.2. The lowest BCUT2D eigenvalue weighted by Crippen LogP contribution is -2.49. The highest BCUT2D eigenvalue weighted by Gasteiger charge is 2.52. The molecule has 1 aromatic carbocycles. The van der Waals surface area contributed by atoms with E-state index < -0.39 is 11.9 Å². The molecule has 6 nitrogen and oxygen atoms in total. The molecule has 144 valence electrons. The Balaban J connectivity index is 1.78. The molecule has 1 aromatic heterocycles. The third-order valence-electron chi connectivity index (χ3n) is 5.72. The Bertz CT molecular complexity index is 854. The molecule has 1 spiro atoms. The van der Waals surface area contributed by atoms with Crippen molar-refractivity contribution < 1.29 is 9.47 Å². The number of benzene rings is 1. The van der Waals surface area contributed by atoms with Gasteiger partial charge in [0.1, 0.15) is 5.60 Å². The van der Waals surface area contributed by atoms with Crippen molar-refractivity contribution in [1.29, 1.82) is 0 Å². The molecular formula is C20H25ClN4O2. The van der Waals surface area contributed by atoms with Crippen molar-refractivity contribution in [2.45, 2.75) is 43.7 Å². The number of aromatic nitrogens is 3. The third kappa shape index (κ3) is 3.10. The highest BCUT2D eigenvalue weighted by atomic mass is 35.5. The second-order valence-electron chi connectivity index (χ2n) is 7.49. The minimum atomic E-state index is -0.431. The molecule has 0 amide bonds. The van der Waals surface area contributed by atoms with E-state index in [-0.39, 0.29) is 12.1 Å². The van der Waals surface area contributed by atoms with Gasteiger partial charge in [0.2, 0.25) is 0 Å². The summed E-state index contributed by atoms with van der Waals surface area (Å²) in [6.07, 6.45) is 5.17. The second-order valence-corrected chi connectivity index (χ2v) is 7.92. The lowest BCUT2D eigenvalue weighted by molar-refractivity contribution is -0.214. The van der Waals surface area contributed by atoms with E-state index in [1.54, 1.807) is 11.8 Å². The number of methoxy groups -OCH3 is 1. The van der Waals surface area contributed by atoms with E-state index in [9.17, 15) is 0 Å². The normalized spacial score (nSPS) is 30.6. The van der Waals surface area contributed by atoms with Crippen LogP contribution in [0.15, 0.2) is 37.1 Å². The molecule has 0 radical (unpaired) electrons. The number of hydrogen-bond acceptors (Lipinski definition) is 5. The molecule has 4 atom stereocenters. The van der Waals surface area contributed by atoms with Crippen LogP contribution in [-0.4, -0.2) is 39.6 Å². The number of fused-ring (bicyclic) bond motifs is 2. The molecule has 0 bridgehead atoms. The summed E-state index contributed by atoms with van der Waals surface area (Å²) in [6.45, 7) is 6.95. The predicted octanol–water partition coefficient (Wildman–Crippen LogP) is 3.75. The summed E-state index contributed by atoms with van der Waals surface area (Å²) in [5, 5.41) is 9.24. The average molecular weight is 389 g/mol. The first-order valence-corrected chi connectivity index (χ1v) is 9.58. The van der Waals surface area contributed by atoms with E-state index in [0.29, 0.717) is 5.02 Å². The molecule has 1 saturated heterocycles. The summed E-state index contributed by atoms with van der Waals surface area (Å²) >= 11 is 6.24. The van der Waals surface area contributed by atoms with Gasteiger partial charge in [-0.15, -0.1) is 11.7 Å². The predicted molar refractivity (Wildman–Crippen MR) is 103 cm³/mol. The van der Waals surface area contributed by atoms with E-state index in [0.717, 1.165) is 36.2 Å². The van der Waals surface area contributed by atoms with Crippen LogP contribution in [0, 0.1) is 0 Å². The van der Waals surface area contributed by atoms with Gasteiger partial charge in [0.05, 0.1) is 11.7 Å². The molecule has 0 saturated carbocycles. The molecule has 2 aliphatic rings. The van der Waals surface area contributed by atoms with E-state index in [4.69, 9.17) is 21.1 Å². The third-order valence-corrected chi connectivity index (χ3v) is 5.96. The van der Waals surface area contributed by atoms with Crippen LogP contribution in [0.2, 0.25) is 5.02 Å². The first kappa shape index (κ1) is 18.6. The smallest absolute Gasteiger partial charge is 0.184 e. The minimum absolute atomic E-state index is 0.0829. The summed E-state index contributed by atoms with van der Waals surface area (Å²) in [5.41, 5.74) is 2.70. The molecule has 2 unspecified atom stereocenters. The van der Waals surface area contributed by atoms with Gasteiger partial charge in [0.25, 0.3) is 0 Å². The highest BCUT2D eigenvalue weighted by molar-refractivity contribution is 6.30. The van der Waals surface area contributed by atoms with Gasteiger partial charge in [-0.25, -0.2) is 0 Å². The Morgan fingerprint density at radius 3 is 2.93 bits per heavy atom. The van der Waals surface area contributed by atoms with E-state index >= 15 is 0 Å². The number of piperidine rings is 1. The molecule has 0 aliphatic carbocycles. The maximum Gasteiger partial charge on any atom is 0.184 e. The van der Waals surface area contributed by atoms with Crippen molar-refractivity contribution in [3.05, 3.63) is 58.9 Å². The number of nitrogens with zero attached hydrogens (tertiary/aromatic N) is 4. The molecule has 7 heteroatoms. The van der Waals surface area contributed by atoms with Gasteiger partial charge in [-0.1, -0.05) is 29.0 Å². The Hall–Kier alpha value is -1.73. The molecule has 0 N–H and O–H groups in total. The maximum atomic E-state index is 6.53. The van der Waals surface area contributed by atoms with Crippen molar-refractivity contribution in [2.75, 3.05) is 13.7 Å². The van der Waals surface area contributed by atoms with Gasteiger partial charge in [0.15, 0.2) is 6.29 Å². The van der Waals surface area contributed by atoms with Crippen molar-refractivity contribution >= 4 is 11.6 Å². The number of hydrogen-bond donors (Lipinski definition) is 0.